The number of carbonyl (C=O) groups is 1. The predicted octanol–water partition coefficient (Wildman–Crippen LogP) is 2.31. The van der Waals surface area contributed by atoms with Crippen LogP contribution in [-0.4, -0.2) is 34.4 Å². The number of rotatable bonds is 1. The van der Waals surface area contributed by atoms with Gasteiger partial charge < -0.3 is 4.90 Å². The molecule has 14 heavy (non-hydrogen) atoms. The summed E-state index contributed by atoms with van der Waals surface area (Å²) in [4.78, 5) is 13.5. The summed E-state index contributed by atoms with van der Waals surface area (Å²) in [6.07, 6.45) is 4.55. The van der Waals surface area contributed by atoms with E-state index in [0.717, 1.165) is 25.3 Å². The molecule has 0 radical (unpaired) electrons. The smallest absolute Gasteiger partial charge is 0.246 e. The molecule has 0 atom stereocenters. The number of allylic oxidation sites excluding steroid dienone is 1. The van der Waals surface area contributed by atoms with Crippen molar-refractivity contribution in [2.75, 3.05) is 18.8 Å². The lowest BCUT2D eigenvalue weighted by Gasteiger charge is -2.21. The van der Waals surface area contributed by atoms with E-state index in [1.165, 1.54) is 0 Å². The standard InChI is InChI=1S/C11H19NOS/c1-4-5-10(13)12-7-6-11(2,3)14-9-8-12/h4-5H,6-9H2,1-3H3/b5-4+. The van der Waals surface area contributed by atoms with Crippen LogP contribution in [-0.2, 0) is 4.79 Å². The van der Waals surface area contributed by atoms with Gasteiger partial charge in [-0.2, -0.15) is 11.8 Å². The second-order valence-corrected chi connectivity index (χ2v) is 5.99. The Morgan fingerprint density at radius 2 is 2.14 bits per heavy atom. The largest absolute Gasteiger partial charge is 0.338 e. The maximum Gasteiger partial charge on any atom is 0.246 e. The van der Waals surface area contributed by atoms with E-state index in [1.807, 2.05) is 29.7 Å². The van der Waals surface area contributed by atoms with Crippen molar-refractivity contribution in [1.82, 2.24) is 4.90 Å². The monoisotopic (exact) mass is 213 g/mol. The summed E-state index contributed by atoms with van der Waals surface area (Å²) in [6, 6.07) is 0. The second kappa shape index (κ2) is 4.87. The van der Waals surface area contributed by atoms with Gasteiger partial charge in [-0.1, -0.05) is 19.9 Å². The normalized spacial score (nSPS) is 22.4. The highest BCUT2D eigenvalue weighted by Gasteiger charge is 2.24. The van der Waals surface area contributed by atoms with Crippen LogP contribution in [0.3, 0.4) is 0 Å². The molecule has 80 valence electrons. The third-order valence-corrected chi connectivity index (χ3v) is 3.83. The van der Waals surface area contributed by atoms with Gasteiger partial charge in [0.25, 0.3) is 0 Å². The summed E-state index contributed by atoms with van der Waals surface area (Å²) in [5.41, 5.74) is 0. The molecule has 1 fully saturated rings. The van der Waals surface area contributed by atoms with Crippen LogP contribution >= 0.6 is 11.8 Å². The first-order valence-electron chi connectivity index (χ1n) is 5.11. The van der Waals surface area contributed by atoms with Crippen LogP contribution < -0.4 is 0 Å². The number of hydrogen-bond donors (Lipinski definition) is 0. The van der Waals surface area contributed by atoms with Crippen molar-refractivity contribution in [1.29, 1.82) is 0 Å². The number of carbonyl (C=O) groups excluding carboxylic acids is 1. The average Bonchev–Trinajstić information content (AvgIpc) is 2.27. The Bertz CT molecular complexity index is 235. The summed E-state index contributed by atoms with van der Waals surface area (Å²) >= 11 is 1.96. The molecule has 0 unspecified atom stereocenters. The van der Waals surface area contributed by atoms with E-state index in [4.69, 9.17) is 0 Å². The molecule has 1 heterocycles. The van der Waals surface area contributed by atoms with Gasteiger partial charge in [-0.3, -0.25) is 4.79 Å². The van der Waals surface area contributed by atoms with E-state index in [-0.39, 0.29) is 5.91 Å². The van der Waals surface area contributed by atoms with E-state index in [0.29, 0.717) is 4.75 Å². The van der Waals surface area contributed by atoms with Gasteiger partial charge in [0.1, 0.15) is 0 Å². The highest BCUT2D eigenvalue weighted by atomic mass is 32.2. The molecular weight excluding hydrogens is 194 g/mol. The Morgan fingerprint density at radius 3 is 2.79 bits per heavy atom. The number of nitrogens with zero attached hydrogens (tertiary/aromatic N) is 1. The van der Waals surface area contributed by atoms with Crippen molar-refractivity contribution < 1.29 is 4.79 Å². The predicted molar refractivity (Wildman–Crippen MR) is 62.5 cm³/mol. The van der Waals surface area contributed by atoms with Gasteiger partial charge in [0.2, 0.25) is 5.91 Å². The van der Waals surface area contributed by atoms with Crippen LogP contribution in [0.25, 0.3) is 0 Å². The van der Waals surface area contributed by atoms with Crippen LogP contribution in [0.1, 0.15) is 27.2 Å². The molecule has 1 aliphatic rings. The Balaban J connectivity index is 2.54. The maximum atomic E-state index is 11.6. The molecule has 0 aromatic rings. The van der Waals surface area contributed by atoms with Gasteiger partial charge >= 0.3 is 0 Å². The van der Waals surface area contributed by atoms with Crippen LogP contribution in [0.4, 0.5) is 0 Å². The van der Waals surface area contributed by atoms with Gasteiger partial charge in [0, 0.05) is 23.6 Å². The number of thioether (sulfide) groups is 1. The van der Waals surface area contributed by atoms with E-state index >= 15 is 0 Å². The highest BCUT2D eigenvalue weighted by Crippen LogP contribution is 2.30. The zero-order valence-electron chi connectivity index (χ0n) is 9.25. The maximum absolute atomic E-state index is 11.6. The molecule has 0 bridgehead atoms. The molecular formula is C11H19NOS. The second-order valence-electron chi connectivity index (χ2n) is 4.18. The van der Waals surface area contributed by atoms with Crippen LogP contribution in [0.2, 0.25) is 0 Å². The van der Waals surface area contributed by atoms with E-state index < -0.39 is 0 Å². The Labute approximate surface area is 90.7 Å². The van der Waals surface area contributed by atoms with Gasteiger partial charge in [-0.15, -0.1) is 0 Å². The molecule has 3 heteroatoms. The minimum atomic E-state index is 0.158. The first-order valence-corrected chi connectivity index (χ1v) is 6.09. The van der Waals surface area contributed by atoms with Crippen LogP contribution in [0, 0.1) is 0 Å². The van der Waals surface area contributed by atoms with Crippen LogP contribution in [0.5, 0.6) is 0 Å². The van der Waals surface area contributed by atoms with Gasteiger partial charge in [-0.25, -0.2) is 0 Å². The summed E-state index contributed by atoms with van der Waals surface area (Å²) in [6.45, 7) is 8.16. The van der Waals surface area contributed by atoms with Crippen molar-refractivity contribution in [2.24, 2.45) is 0 Å². The van der Waals surface area contributed by atoms with E-state index in [2.05, 4.69) is 13.8 Å². The molecule has 1 rings (SSSR count). The topological polar surface area (TPSA) is 20.3 Å². The zero-order chi connectivity index (χ0) is 10.6. The third kappa shape index (κ3) is 3.37. The van der Waals surface area contributed by atoms with Gasteiger partial charge in [0.15, 0.2) is 0 Å². The first kappa shape index (κ1) is 11.6. The molecule has 1 aliphatic heterocycles. The fourth-order valence-corrected chi connectivity index (χ4v) is 2.59. The lowest BCUT2D eigenvalue weighted by molar-refractivity contribution is -0.125. The fourth-order valence-electron chi connectivity index (χ4n) is 1.49. The molecule has 1 saturated heterocycles. The summed E-state index contributed by atoms with van der Waals surface area (Å²) in [7, 11) is 0. The highest BCUT2D eigenvalue weighted by molar-refractivity contribution is 8.00. The summed E-state index contributed by atoms with van der Waals surface area (Å²) < 4.78 is 0.324. The van der Waals surface area contributed by atoms with E-state index in [1.54, 1.807) is 6.08 Å². The van der Waals surface area contributed by atoms with Crippen molar-refractivity contribution in [3.63, 3.8) is 0 Å². The quantitative estimate of drug-likeness (QED) is 0.623. The molecule has 0 aliphatic carbocycles. The van der Waals surface area contributed by atoms with Gasteiger partial charge in [-0.05, 0) is 19.4 Å². The molecule has 0 aromatic heterocycles. The third-order valence-electron chi connectivity index (χ3n) is 2.46. The molecule has 0 saturated carbocycles. The Hall–Kier alpha value is -0.440. The number of amides is 1. The lowest BCUT2D eigenvalue weighted by Crippen LogP contribution is -2.32. The molecule has 2 nitrogen and oxygen atoms in total. The van der Waals surface area contributed by atoms with E-state index in [9.17, 15) is 4.79 Å². The first-order chi connectivity index (χ1) is 6.55. The average molecular weight is 213 g/mol. The lowest BCUT2D eigenvalue weighted by atomic mass is 10.1. The molecule has 1 amide bonds. The Morgan fingerprint density at radius 1 is 1.43 bits per heavy atom. The molecule has 0 spiro atoms. The molecule has 0 N–H and O–H groups in total. The minimum Gasteiger partial charge on any atom is -0.338 e. The van der Waals surface area contributed by atoms with Crippen molar-refractivity contribution in [3.05, 3.63) is 12.2 Å². The number of hydrogen-bond acceptors (Lipinski definition) is 2. The fraction of sp³-hybridized carbons (Fsp3) is 0.727. The summed E-state index contributed by atoms with van der Waals surface area (Å²) in [5, 5.41) is 0. The minimum absolute atomic E-state index is 0.158. The summed E-state index contributed by atoms with van der Waals surface area (Å²) in [5.74, 6) is 1.21. The SMILES string of the molecule is C/C=C/C(=O)N1CCSC(C)(C)CC1. The Kier molecular flexibility index (Phi) is 4.05. The van der Waals surface area contributed by atoms with Crippen molar-refractivity contribution >= 4 is 17.7 Å². The van der Waals surface area contributed by atoms with Crippen molar-refractivity contribution in [2.45, 2.75) is 31.9 Å². The van der Waals surface area contributed by atoms with Gasteiger partial charge in [0.05, 0.1) is 0 Å². The zero-order valence-corrected chi connectivity index (χ0v) is 10.1. The molecule has 0 aromatic carbocycles. The van der Waals surface area contributed by atoms with Crippen molar-refractivity contribution in [3.8, 4) is 0 Å². The van der Waals surface area contributed by atoms with Crippen LogP contribution in [0.15, 0.2) is 12.2 Å².